The van der Waals surface area contributed by atoms with Crippen LogP contribution in [0.2, 0.25) is 0 Å². The van der Waals surface area contributed by atoms with Gasteiger partial charge in [-0.1, -0.05) is 24.3 Å². The van der Waals surface area contributed by atoms with Crippen molar-refractivity contribution in [3.8, 4) is 11.5 Å². The number of carbonyl (C=O) groups is 1. The highest BCUT2D eigenvalue weighted by Gasteiger charge is 2.36. The molecule has 9 nitrogen and oxygen atoms in total. The summed E-state index contributed by atoms with van der Waals surface area (Å²) in [6, 6.07) is 16.2. The number of carbonyl (C=O) groups excluding carboxylic acids is 1. The van der Waals surface area contributed by atoms with Crippen LogP contribution in [0.1, 0.15) is 30.4 Å². The summed E-state index contributed by atoms with van der Waals surface area (Å²) in [5.74, 6) is 1.63. The van der Waals surface area contributed by atoms with Crippen LogP contribution in [0.15, 0.2) is 48.5 Å². The molecule has 1 saturated heterocycles. The van der Waals surface area contributed by atoms with Gasteiger partial charge in [0, 0.05) is 39.8 Å². The van der Waals surface area contributed by atoms with Crippen molar-refractivity contribution in [1.82, 2.24) is 19.4 Å². The molecule has 0 aromatic heterocycles. The molecule has 1 saturated carbocycles. The summed E-state index contributed by atoms with van der Waals surface area (Å²) in [5, 5.41) is 3.24. The summed E-state index contributed by atoms with van der Waals surface area (Å²) in [5.41, 5.74) is 2.11. The van der Waals surface area contributed by atoms with Gasteiger partial charge in [-0.2, -0.15) is 0 Å². The summed E-state index contributed by atoms with van der Waals surface area (Å²) in [6.45, 7) is 3.32. The number of nitrogens with zero attached hydrogens (tertiary/aromatic N) is 3. The Morgan fingerprint density at radius 3 is 2.42 bits per heavy atom. The van der Waals surface area contributed by atoms with E-state index in [-0.39, 0.29) is 23.8 Å². The van der Waals surface area contributed by atoms with Crippen LogP contribution in [-0.4, -0.2) is 92.6 Å². The molecule has 0 radical (unpaired) electrons. The van der Waals surface area contributed by atoms with Crippen LogP contribution in [0.5, 0.6) is 11.5 Å². The average molecular weight is 543 g/mol. The molecule has 2 aromatic rings. The average Bonchev–Trinajstić information content (AvgIpc) is 3.65. The van der Waals surface area contributed by atoms with Crippen molar-refractivity contribution in [3.05, 3.63) is 59.7 Å². The van der Waals surface area contributed by atoms with Gasteiger partial charge < -0.3 is 14.8 Å². The Labute approximate surface area is 225 Å². The first kappa shape index (κ1) is 27.1. The van der Waals surface area contributed by atoms with Crippen LogP contribution < -0.4 is 10.1 Å². The molecular formula is C28H38N4O5S. The molecule has 206 valence electrons. The van der Waals surface area contributed by atoms with Crippen LogP contribution in [0, 0.1) is 0 Å². The highest BCUT2D eigenvalue weighted by molar-refractivity contribution is 7.89. The lowest BCUT2D eigenvalue weighted by molar-refractivity contribution is -0.124. The fraction of sp³-hybridized carbons (Fsp3) is 0.536. The maximum Gasteiger partial charge on any atom is 0.234 e. The van der Waals surface area contributed by atoms with E-state index in [1.54, 1.807) is 14.1 Å². The largest absolute Gasteiger partial charge is 0.457 e. The van der Waals surface area contributed by atoms with E-state index in [2.05, 4.69) is 21.2 Å². The van der Waals surface area contributed by atoms with Crippen LogP contribution in [-0.2, 0) is 32.7 Å². The second-order valence-corrected chi connectivity index (χ2v) is 13.1. The molecule has 10 heteroatoms. The Morgan fingerprint density at radius 2 is 1.71 bits per heavy atom. The van der Waals surface area contributed by atoms with Gasteiger partial charge in [0.1, 0.15) is 11.5 Å². The van der Waals surface area contributed by atoms with E-state index in [1.807, 2.05) is 42.5 Å². The van der Waals surface area contributed by atoms with E-state index in [0.717, 1.165) is 35.5 Å². The number of likely N-dealkylation sites (tertiary alicyclic amines) is 1. The first-order valence-corrected chi connectivity index (χ1v) is 15.0. The molecule has 1 aliphatic carbocycles. The van der Waals surface area contributed by atoms with Gasteiger partial charge in [-0.25, -0.2) is 12.7 Å². The fourth-order valence-electron chi connectivity index (χ4n) is 5.17. The van der Waals surface area contributed by atoms with Gasteiger partial charge in [0.05, 0.1) is 31.1 Å². The van der Waals surface area contributed by atoms with Gasteiger partial charge in [-0.05, 0) is 61.2 Å². The van der Waals surface area contributed by atoms with Gasteiger partial charge >= 0.3 is 0 Å². The third kappa shape index (κ3) is 7.12. The van der Waals surface area contributed by atoms with E-state index in [4.69, 9.17) is 9.47 Å². The van der Waals surface area contributed by atoms with Crippen molar-refractivity contribution in [2.75, 3.05) is 46.0 Å². The minimum Gasteiger partial charge on any atom is -0.457 e. The topological polar surface area (TPSA) is 91.4 Å². The smallest absolute Gasteiger partial charge is 0.234 e. The maximum atomic E-state index is 13.2. The quantitative estimate of drug-likeness (QED) is 0.600. The lowest BCUT2D eigenvalue weighted by Gasteiger charge is -2.25. The molecule has 2 aromatic carbocycles. The molecule has 0 spiro atoms. The molecule has 2 heterocycles. The highest BCUT2D eigenvalue weighted by Crippen LogP contribution is 2.30. The molecule has 3 aliphatic rings. The summed E-state index contributed by atoms with van der Waals surface area (Å²) in [7, 11) is -0.119. The maximum absolute atomic E-state index is 13.2. The third-order valence-corrected chi connectivity index (χ3v) is 9.33. The van der Waals surface area contributed by atoms with Crippen LogP contribution in [0.3, 0.4) is 0 Å². The van der Waals surface area contributed by atoms with E-state index >= 15 is 0 Å². The Kier molecular flexibility index (Phi) is 8.35. The molecule has 2 fully saturated rings. The lowest BCUT2D eigenvalue weighted by Crippen LogP contribution is -2.48. The van der Waals surface area contributed by atoms with E-state index in [1.165, 1.54) is 4.31 Å². The molecular weight excluding hydrogens is 504 g/mol. The monoisotopic (exact) mass is 542 g/mol. The fourth-order valence-corrected chi connectivity index (χ4v) is 6.02. The van der Waals surface area contributed by atoms with Crippen molar-refractivity contribution < 1.29 is 22.7 Å². The Balaban J connectivity index is 1.32. The Bertz CT molecular complexity index is 1230. The predicted molar refractivity (Wildman–Crippen MR) is 145 cm³/mol. The summed E-state index contributed by atoms with van der Waals surface area (Å²) in [4.78, 5) is 17.7. The molecule has 0 unspecified atom stereocenters. The SMILES string of the molecule is CN(C)S(=O)(=O)CCCN1C[C@@H]2NC(=O)CN(C3CC3)Cc3cccc(c3)Oc3cccc(c3)CO[C@H]2C1. The molecule has 5 rings (SSSR count). The highest BCUT2D eigenvalue weighted by atomic mass is 32.2. The zero-order valence-corrected chi connectivity index (χ0v) is 23.0. The normalized spacial score (nSPS) is 23.6. The van der Waals surface area contributed by atoms with Crippen molar-refractivity contribution in [2.24, 2.45) is 0 Å². The van der Waals surface area contributed by atoms with Crippen molar-refractivity contribution in [1.29, 1.82) is 0 Å². The van der Waals surface area contributed by atoms with Crippen molar-refractivity contribution in [3.63, 3.8) is 0 Å². The number of rotatable bonds is 6. The summed E-state index contributed by atoms with van der Waals surface area (Å²) < 4.78 is 38.1. The third-order valence-electron chi connectivity index (χ3n) is 7.41. The minimum absolute atomic E-state index is 0.00553. The first-order chi connectivity index (χ1) is 18.2. The molecule has 4 bridgehead atoms. The number of hydrogen-bond acceptors (Lipinski definition) is 7. The predicted octanol–water partition coefficient (Wildman–Crippen LogP) is 2.42. The van der Waals surface area contributed by atoms with Gasteiger partial charge in [0.25, 0.3) is 0 Å². The van der Waals surface area contributed by atoms with Gasteiger partial charge in [0.15, 0.2) is 0 Å². The van der Waals surface area contributed by atoms with E-state index < -0.39 is 10.0 Å². The molecule has 1 N–H and O–H groups in total. The second kappa shape index (κ2) is 11.7. The first-order valence-electron chi connectivity index (χ1n) is 13.4. The lowest BCUT2D eigenvalue weighted by atomic mass is 10.1. The number of fused-ring (bicyclic) bond motifs is 5. The molecule has 38 heavy (non-hydrogen) atoms. The van der Waals surface area contributed by atoms with Gasteiger partial charge in [0.2, 0.25) is 15.9 Å². The molecule has 1 amide bonds. The summed E-state index contributed by atoms with van der Waals surface area (Å²) >= 11 is 0. The van der Waals surface area contributed by atoms with Gasteiger partial charge in [-0.15, -0.1) is 0 Å². The second-order valence-electron chi connectivity index (χ2n) is 10.8. The number of nitrogens with one attached hydrogen (secondary N) is 1. The van der Waals surface area contributed by atoms with Crippen LogP contribution in [0.25, 0.3) is 0 Å². The zero-order valence-electron chi connectivity index (χ0n) is 22.2. The number of sulfonamides is 1. The summed E-state index contributed by atoms with van der Waals surface area (Å²) in [6.07, 6.45) is 2.55. The Hall–Kier alpha value is -2.50. The number of benzene rings is 2. The molecule has 2 atom stereocenters. The van der Waals surface area contributed by atoms with Gasteiger partial charge in [-0.3, -0.25) is 14.6 Å². The van der Waals surface area contributed by atoms with E-state index in [0.29, 0.717) is 51.8 Å². The standard InChI is InChI=1S/C28H38N4O5S/c1-30(2)38(34,35)13-5-12-31-17-26-27(18-31)36-20-22-7-4-9-25(15-22)37-24-8-3-6-21(14-24)16-32(23-10-11-23)19-28(33)29-26/h3-4,6-9,14-15,23,26-27H,5,10-13,16-20H2,1-2H3,(H,29,33)/t26-,27-/m0/s1. The number of hydrogen-bond donors (Lipinski definition) is 1. The van der Waals surface area contributed by atoms with Crippen molar-refractivity contribution >= 4 is 15.9 Å². The van der Waals surface area contributed by atoms with E-state index in [9.17, 15) is 13.2 Å². The number of ether oxygens (including phenoxy) is 2. The van der Waals surface area contributed by atoms with Crippen molar-refractivity contribution in [2.45, 2.75) is 50.6 Å². The minimum atomic E-state index is -3.24. The van der Waals surface area contributed by atoms with Crippen LogP contribution >= 0.6 is 0 Å². The zero-order chi connectivity index (χ0) is 26.7. The van der Waals surface area contributed by atoms with Crippen LogP contribution in [0.4, 0.5) is 0 Å². The molecule has 2 aliphatic heterocycles. The Morgan fingerprint density at radius 1 is 1.00 bits per heavy atom. The number of amides is 1.